The number of carbonyl (C=O) groups excluding carboxylic acids is 1. The molecule has 0 aliphatic rings. The fourth-order valence-corrected chi connectivity index (χ4v) is 1.46. The van der Waals surface area contributed by atoms with Crippen LogP contribution >= 0.6 is 11.6 Å². The van der Waals surface area contributed by atoms with E-state index in [4.69, 9.17) is 21.4 Å². The summed E-state index contributed by atoms with van der Waals surface area (Å²) in [7, 11) is 1.52. The highest BCUT2D eigenvalue weighted by Crippen LogP contribution is 2.19. The number of ether oxygens (including phenoxy) is 1. The molecule has 1 rings (SSSR count). The lowest BCUT2D eigenvalue weighted by Gasteiger charge is -2.08. The summed E-state index contributed by atoms with van der Waals surface area (Å²) in [5.74, 6) is -1.11. The Morgan fingerprint density at radius 1 is 1.39 bits per heavy atom. The normalized spacial score (nSPS) is 9.89. The van der Waals surface area contributed by atoms with Gasteiger partial charge in [-0.25, -0.2) is 9.59 Å². The zero-order chi connectivity index (χ0) is 13.5. The number of amides is 2. The lowest BCUT2D eigenvalue weighted by atomic mass is 10.2. The first-order valence-corrected chi connectivity index (χ1v) is 5.48. The number of aromatic carboxylic acids is 1. The molecule has 0 fully saturated rings. The van der Waals surface area contributed by atoms with Crippen LogP contribution in [0.4, 0.5) is 10.5 Å². The molecule has 6 nitrogen and oxygen atoms in total. The van der Waals surface area contributed by atoms with Crippen LogP contribution in [0.3, 0.4) is 0 Å². The summed E-state index contributed by atoms with van der Waals surface area (Å²) in [5, 5.41) is 14.1. The summed E-state index contributed by atoms with van der Waals surface area (Å²) in [6.45, 7) is 0.748. The van der Waals surface area contributed by atoms with Gasteiger partial charge in [-0.2, -0.15) is 0 Å². The summed E-state index contributed by atoms with van der Waals surface area (Å²) in [6.07, 6.45) is 0. The molecule has 0 spiro atoms. The zero-order valence-corrected chi connectivity index (χ0v) is 10.5. The second-order valence-corrected chi connectivity index (χ2v) is 3.84. The van der Waals surface area contributed by atoms with E-state index >= 15 is 0 Å². The van der Waals surface area contributed by atoms with E-state index in [-0.39, 0.29) is 10.6 Å². The van der Waals surface area contributed by atoms with Gasteiger partial charge in [0.1, 0.15) is 0 Å². The SMILES string of the molecule is COCCNC(=O)Nc1cc(Cl)cc(C(=O)O)c1. The van der Waals surface area contributed by atoms with Crippen molar-refractivity contribution in [2.45, 2.75) is 0 Å². The quantitative estimate of drug-likeness (QED) is 0.713. The van der Waals surface area contributed by atoms with Gasteiger partial charge >= 0.3 is 12.0 Å². The number of methoxy groups -OCH3 is 1. The van der Waals surface area contributed by atoms with Gasteiger partial charge in [-0.3, -0.25) is 0 Å². The van der Waals surface area contributed by atoms with Crippen LogP contribution in [0.25, 0.3) is 0 Å². The van der Waals surface area contributed by atoms with Gasteiger partial charge in [-0.15, -0.1) is 0 Å². The highest BCUT2D eigenvalue weighted by atomic mass is 35.5. The summed E-state index contributed by atoms with van der Waals surface area (Å²) in [6, 6.07) is 3.64. The minimum atomic E-state index is -1.11. The topological polar surface area (TPSA) is 87.7 Å². The smallest absolute Gasteiger partial charge is 0.335 e. The van der Waals surface area contributed by atoms with E-state index in [1.807, 2.05) is 0 Å². The van der Waals surface area contributed by atoms with Crippen LogP contribution in [0.5, 0.6) is 0 Å². The molecule has 1 aromatic carbocycles. The molecule has 0 unspecified atom stereocenters. The van der Waals surface area contributed by atoms with E-state index in [2.05, 4.69) is 10.6 Å². The standard InChI is InChI=1S/C11H13ClN2O4/c1-18-3-2-13-11(17)14-9-5-7(10(15)16)4-8(12)6-9/h4-6H,2-3H2,1H3,(H,15,16)(H2,13,14,17). The van der Waals surface area contributed by atoms with Crippen LogP contribution in [0.15, 0.2) is 18.2 Å². The summed E-state index contributed by atoms with van der Waals surface area (Å²) >= 11 is 5.75. The van der Waals surface area contributed by atoms with Gasteiger partial charge in [0.25, 0.3) is 0 Å². The molecule has 0 saturated heterocycles. The Hall–Kier alpha value is -1.79. The maximum atomic E-state index is 11.4. The number of carboxylic acids is 1. The highest BCUT2D eigenvalue weighted by Gasteiger charge is 2.08. The van der Waals surface area contributed by atoms with Gasteiger partial charge in [0.2, 0.25) is 0 Å². The van der Waals surface area contributed by atoms with Crippen molar-refractivity contribution < 1.29 is 19.4 Å². The summed E-state index contributed by atoms with van der Waals surface area (Å²) in [4.78, 5) is 22.2. The maximum absolute atomic E-state index is 11.4. The van der Waals surface area contributed by atoms with Gasteiger partial charge < -0.3 is 20.5 Å². The Morgan fingerprint density at radius 3 is 2.72 bits per heavy atom. The highest BCUT2D eigenvalue weighted by molar-refractivity contribution is 6.31. The molecular weight excluding hydrogens is 260 g/mol. The molecule has 2 amide bonds. The van der Waals surface area contributed by atoms with Gasteiger partial charge in [0, 0.05) is 24.4 Å². The van der Waals surface area contributed by atoms with Crippen molar-refractivity contribution in [1.82, 2.24) is 5.32 Å². The number of urea groups is 1. The van der Waals surface area contributed by atoms with Crippen molar-refractivity contribution in [2.75, 3.05) is 25.6 Å². The van der Waals surface area contributed by atoms with E-state index in [1.165, 1.54) is 25.3 Å². The van der Waals surface area contributed by atoms with Crippen molar-refractivity contribution in [3.05, 3.63) is 28.8 Å². The van der Waals surface area contributed by atoms with Gasteiger partial charge in [-0.1, -0.05) is 11.6 Å². The Kier molecular flexibility index (Phi) is 5.41. The van der Waals surface area contributed by atoms with E-state index < -0.39 is 12.0 Å². The van der Waals surface area contributed by atoms with E-state index in [1.54, 1.807) is 0 Å². The van der Waals surface area contributed by atoms with Gasteiger partial charge in [0.05, 0.1) is 12.2 Å². The molecule has 3 N–H and O–H groups in total. The largest absolute Gasteiger partial charge is 0.478 e. The number of anilines is 1. The van der Waals surface area contributed by atoms with E-state index in [0.29, 0.717) is 18.8 Å². The van der Waals surface area contributed by atoms with Crippen molar-refractivity contribution in [2.24, 2.45) is 0 Å². The number of hydrogen-bond donors (Lipinski definition) is 3. The predicted octanol–water partition coefficient (Wildman–Crippen LogP) is 1.81. The summed E-state index contributed by atoms with van der Waals surface area (Å²) in [5.41, 5.74) is 0.324. The lowest BCUT2D eigenvalue weighted by molar-refractivity contribution is 0.0697. The van der Waals surface area contributed by atoms with Crippen LogP contribution < -0.4 is 10.6 Å². The maximum Gasteiger partial charge on any atom is 0.335 e. The van der Waals surface area contributed by atoms with Crippen molar-refractivity contribution in [1.29, 1.82) is 0 Å². The third-order valence-electron chi connectivity index (χ3n) is 1.99. The fraction of sp³-hybridized carbons (Fsp3) is 0.273. The number of nitrogens with one attached hydrogen (secondary N) is 2. The molecular formula is C11H13ClN2O4. The summed E-state index contributed by atoms with van der Waals surface area (Å²) < 4.78 is 4.77. The molecule has 98 valence electrons. The third kappa shape index (κ3) is 4.60. The number of carbonyl (C=O) groups is 2. The molecule has 0 atom stereocenters. The monoisotopic (exact) mass is 272 g/mol. The Bertz CT molecular complexity index is 451. The molecule has 0 aliphatic heterocycles. The van der Waals surface area contributed by atoms with Crippen molar-refractivity contribution in [3.8, 4) is 0 Å². The van der Waals surface area contributed by atoms with E-state index in [0.717, 1.165) is 0 Å². The average molecular weight is 273 g/mol. The molecule has 18 heavy (non-hydrogen) atoms. The van der Waals surface area contributed by atoms with Crippen LogP contribution in [-0.4, -0.2) is 37.4 Å². The van der Waals surface area contributed by atoms with Crippen molar-refractivity contribution >= 4 is 29.3 Å². The van der Waals surface area contributed by atoms with Crippen LogP contribution in [0.2, 0.25) is 5.02 Å². The second kappa shape index (κ2) is 6.83. The molecule has 0 saturated carbocycles. The zero-order valence-electron chi connectivity index (χ0n) is 9.70. The Labute approximate surface area is 109 Å². The van der Waals surface area contributed by atoms with Gasteiger partial charge in [-0.05, 0) is 18.2 Å². The van der Waals surface area contributed by atoms with Crippen LogP contribution in [0.1, 0.15) is 10.4 Å². The number of benzene rings is 1. The molecule has 1 aromatic rings. The minimum absolute atomic E-state index is 0.00897. The number of carboxylic acid groups (broad SMARTS) is 1. The minimum Gasteiger partial charge on any atom is -0.478 e. The molecule has 0 aromatic heterocycles. The number of halogens is 1. The second-order valence-electron chi connectivity index (χ2n) is 3.41. The number of rotatable bonds is 5. The Morgan fingerprint density at radius 2 is 2.11 bits per heavy atom. The van der Waals surface area contributed by atoms with Crippen LogP contribution in [0, 0.1) is 0 Å². The lowest BCUT2D eigenvalue weighted by Crippen LogP contribution is -2.31. The molecule has 0 bridgehead atoms. The molecule has 7 heteroatoms. The predicted molar refractivity (Wildman–Crippen MR) is 67.3 cm³/mol. The first-order valence-electron chi connectivity index (χ1n) is 5.10. The van der Waals surface area contributed by atoms with Crippen LogP contribution in [-0.2, 0) is 4.74 Å². The molecule has 0 radical (unpaired) electrons. The number of hydrogen-bond acceptors (Lipinski definition) is 3. The van der Waals surface area contributed by atoms with Crippen molar-refractivity contribution in [3.63, 3.8) is 0 Å². The fourth-order valence-electron chi connectivity index (χ4n) is 1.23. The van der Waals surface area contributed by atoms with E-state index in [9.17, 15) is 9.59 Å². The Balaban J connectivity index is 2.66. The third-order valence-corrected chi connectivity index (χ3v) is 2.21. The average Bonchev–Trinajstić information content (AvgIpc) is 2.28. The first kappa shape index (κ1) is 14.3. The molecule has 0 aliphatic carbocycles. The molecule has 0 heterocycles. The van der Waals surface area contributed by atoms with Gasteiger partial charge in [0.15, 0.2) is 0 Å². The first-order chi connectivity index (χ1) is 8.52.